The number of hydrogen-bond acceptors (Lipinski definition) is 4. The third kappa shape index (κ3) is 2.85. The summed E-state index contributed by atoms with van der Waals surface area (Å²) in [7, 11) is 0. The van der Waals surface area contributed by atoms with Crippen LogP contribution in [0.4, 0.5) is 5.69 Å². The quantitative estimate of drug-likeness (QED) is 0.880. The van der Waals surface area contributed by atoms with E-state index >= 15 is 0 Å². The molecular formula is C14H17N5O. The second-order valence-electron chi connectivity index (χ2n) is 4.90. The van der Waals surface area contributed by atoms with Gasteiger partial charge in [-0.2, -0.15) is 15.0 Å². The molecule has 0 bridgehead atoms. The number of carbonyl (C=O) groups is 1. The van der Waals surface area contributed by atoms with E-state index < -0.39 is 0 Å². The normalized spacial score (nSPS) is 18.7. The number of benzene rings is 1. The summed E-state index contributed by atoms with van der Waals surface area (Å²) in [6, 6.07) is 7.50. The molecule has 2 aromatic rings. The summed E-state index contributed by atoms with van der Waals surface area (Å²) >= 11 is 0. The second-order valence-corrected chi connectivity index (χ2v) is 4.90. The van der Waals surface area contributed by atoms with Crippen LogP contribution in [-0.4, -0.2) is 34.0 Å². The Labute approximate surface area is 117 Å². The van der Waals surface area contributed by atoms with Gasteiger partial charge >= 0.3 is 0 Å². The lowest BCUT2D eigenvalue weighted by molar-refractivity contribution is -0.120. The van der Waals surface area contributed by atoms with Gasteiger partial charge in [0.2, 0.25) is 5.91 Å². The Bertz CT molecular complexity index is 558. The van der Waals surface area contributed by atoms with Crippen molar-refractivity contribution in [3.05, 3.63) is 36.7 Å². The standard InChI is InChI=1S/C14H17N5O/c20-14(11-2-1-7-15-10-11)18-12-3-5-13(6-4-12)19-16-8-9-17-19/h3-6,8-9,11,15H,1-2,7,10H2,(H,18,20)/t11-/m0/s1. The van der Waals surface area contributed by atoms with Crippen LogP contribution < -0.4 is 10.6 Å². The first-order valence-electron chi connectivity index (χ1n) is 6.81. The van der Waals surface area contributed by atoms with Crippen LogP contribution in [0, 0.1) is 5.92 Å². The zero-order valence-corrected chi connectivity index (χ0v) is 11.1. The highest BCUT2D eigenvalue weighted by atomic mass is 16.1. The summed E-state index contributed by atoms with van der Waals surface area (Å²) in [6.45, 7) is 1.77. The molecule has 2 heterocycles. The SMILES string of the molecule is O=C(Nc1ccc(-n2nccn2)cc1)[C@H]1CCCNC1. The Morgan fingerprint density at radius 1 is 1.25 bits per heavy atom. The predicted molar refractivity (Wildman–Crippen MR) is 75.6 cm³/mol. The third-order valence-electron chi connectivity index (χ3n) is 3.45. The molecule has 1 aliphatic heterocycles. The van der Waals surface area contributed by atoms with Gasteiger partial charge < -0.3 is 10.6 Å². The maximum atomic E-state index is 12.1. The van der Waals surface area contributed by atoms with Crippen molar-refractivity contribution in [2.75, 3.05) is 18.4 Å². The molecule has 1 fully saturated rings. The largest absolute Gasteiger partial charge is 0.326 e. The van der Waals surface area contributed by atoms with E-state index in [9.17, 15) is 4.79 Å². The van der Waals surface area contributed by atoms with E-state index in [1.165, 1.54) is 4.80 Å². The zero-order valence-electron chi connectivity index (χ0n) is 11.1. The van der Waals surface area contributed by atoms with E-state index in [1.807, 2.05) is 24.3 Å². The van der Waals surface area contributed by atoms with Gasteiger partial charge in [0.05, 0.1) is 24.0 Å². The van der Waals surface area contributed by atoms with Gasteiger partial charge in [-0.1, -0.05) is 0 Å². The van der Waals surface area contributed by atoms with E-state index in [1.54, 1.807) is 12.4 Å². The van der Waals surface area contributed by atoms with Crippen molar-refractivity contribution in [2.45, 2.75) is 12.8 Å². The molecule has 1 atom stereocenters. The lowest BCUT2D eigenvalue weighted by Gasteiger charge is -2.21. The van der Waals surface area contributed by atoms with Crippen molar-refractivity contribution in [1.29, 1.82) is 0 Å². The molecule has 0 saturated carbocycles. The number of amides is 1. The van der Waals surface area contributed by atoms with Crippen molar-refractivity contribution >= 4 is 11.6 Å². The highest BCUT2D eigenvalue weighted by Crippen LogP contribution is 2.15. The van der Waals surface area contributed by atoms with Crippen molar-refractivity contribution in [3.8, 4) is 5.69 Å². The molecule has 0 unspecified atom stereocenters. The van der Waals surface area contributed by atoms with E-state index in [4.69, 9.17) is 0 Å². The Balaban J connectivity index is 1.64. The molecule has 104 valence electrons. The summed E-state index contributed by atoms with van der Waals surface area (Å²) in [5, 5.41) is 14.3. The summed E-state index contributed by atoms with van der Waals surface area (Å²) in [5.41, 5.74) is 1.67. The van der Waals surface area contributed by atoms with Crippen LogP contribution in [0.5, 0.6) is 0 Å². The van der Waals surface area contributed by atoms with Crippen molar-refractivity contribution in [3.63, 3.8) is 0 Å². The smallest absolute Gasteiger partial charge is 0.228 e. The number of rotatable bonds is 3. The lowest BCUT2D eigenvalue weighted by Crippen LogP contribution is -2.37. The summed E-state index contributed by atoms with van der Waals surface area (Å²) < 4.78 is 0. The van der Waals surface area contributed by atoms with E-state index in [0.29, 0.717) is 0 Å². The van der Waals surface area contributed by atoms with Crippen LogP contribution in [0.3, 0.4) is 0 Å². The van der Waals surface area contributed by atoms with Crippen molar-refractivity contribution in [2.24, 2.45) is 5.92 Å². The van der Waals surface area contributed by atoms with Gasteiger partial charge in [0.25, 0.3) is 0 Å². The Kier molecular flexibility index (Phi) is 3.73. The monoisotopic (exact) mass is 271 g/mol. The Hall–Kier alpha value is -2.21. The third-order valence-corrected chi connectivity index (χ3v) is 3.45. The van der Waals surface area contributed by atoms with Gasteiger partial charge in [-0.15, -0.1) is 0 Å². The number of anilines is 1. The van der Waals surface area contributed by atoms with Crippen LogP contribution in [0.1, 0.15) is 12.8 Å². The van der Waals surface area contributed by atoms with Gasteiger partial charge in [-0.05, 0) is 43.7 Å². The minimum Gasteiger partial charge on any atom is -0.326 e. The average Bonchev–Trinajstić information content (AvgIpc) is 3.03. The Morgan fingerprint density at radius 3 is 2.65 bits per heavy atom. The molecule has 3 rings (SSSR count). The molecule has 20 heavy (non-hydrogen) atoms. The van der Waals surface area contributed by atoms with Gasteiger partial charge in [-0.25, -0.2) is 0 Å². The molecule has 2 N–H and O–H groups in total. The molecule has 1 aromatic heterocycles. The minimum absolute atomic E-state index is 0.0659. The van der Waals surface area contributed by atoms with Crippen LogP contribution in [0.25, 0.3) is 5.69 Å². The zero-order chi connectivity index (χ0) is 13.8. The summed E-state index contributed by atoms with van der Waals surface area (Å²) in [5.74, 6) is 0.151. The van der Waals surface area contributed by atoms with Gasteiger partial charge in [0.1, 0.15) is 0 Å². The molecule has 0 spiro atoms. The number of piperidine rings is 1. The van der Waals surface area contributed by atoms with E-state index in [2.05, 4.69) is 20.8 Å². The molecule has 1 aliphatic rings. The topological polar surface area (TPSA) is 71.8 Å². The molecule has 1 aromatic carbocycles. The highest BCUT2D eigenvalue weighted by molar-refractivity contribution is 5.92. The number of carbonyl (C=O) groups excluding carboxylic acids is 1. The molecule has 0 radical (unpaired) electrons. The Morgan fingerprint density at radius 2 is 2.00 bits per heavy atom. The summed E-state index contributed by atoms with van der Waals surface area (Å²) in [4.78, 5) is 13.6. The van der Waals surface area contributed by atoms with E-state index in [-0.39, 0.29) is 11.8 Å². The molecule has 1 saturated heterocycles. The molecule has 6 heteroatoms. The fourth-order valence-corrected chi connectivity index (χ4v) is 2.35. The fraction of sp³-hybridized carbons (Fsp3) is 0.357. The maximum Gasteiger partial charge on any atom is 0.228 e. The number of aromatic nitrogens is 3. The molecule has 1 amide bonds. The highest BCUT2D eigenvalue weighted by Gasteiger charge is 2.20. The fourth-order valence-electron chi connectivity index (χ4n) is 2.35. The van der Waals surface area contributed by atoms with Gasteiger partial charge in [0.15, 0.2) is 0 Å². The first-order valence-corrected chi connectivity index (χ1v) is 6.81. The van der Waals surface area contributed by atoms with Crippen molar-refractivity contribution < 1.29 is 4.79 Å². The van der Waals surface area contributed by atoms with Crippen LogP contribution in [0.2, 0.25) is 0 Å². The van der Waals surface area contributed by atoms with Gasteiger partial charge in [-0.3, -0.25) is 4.79 Å². The molecule has 6 nitrogen and oxygen atoms in total. The molecule has 0 aliphatic carbocycles. The first-order chi connectivity index (χ1) is 9.83. The predicted octanol–water partition coefficient (Wildman–Crippen LogP) is 1.21. The van der Waals surface area contributed by atoms with E-state index in [0.717, 1.165) is 37.3 Å². The lowest BCUT2D eigenvalue weighted by atomic mass is 9.99. The summed E-state index contributed by atoms with van der Waals surface area (Å²) in [6.07, 6.45) is 5.27. The molecular weight excluding hydrogens is 254 g/mol. The van der Waals surface area contributed by atoms with Crippen LogP contribution in [0.15, 0.2) is 36.7 Å². The number of nitrogens with one attached hydrogen (secondary N) is 2. The van der Waals surface area contributed by atoms with Crippen molar-refractivity contribution in [1.82, 2.24) is 20.3 Å². The van der Waals surface area contributed by atoms with Gasteiger partial charge in [0, 0.05) is 12.2 Å². The number of nitrogens with zero attached hydrogens (tertiary/aromatic N) is 3. The minimum atomic E-state index is 0.0659. The van der Waals surface area contributed by atoms with Crippen LogP contribution in [-0.2, 0) is 4.79 Å². The first kappa shape index (κ1) is 12.8. The average molecular weight is 271 g/mol. The number of hydrogen-bond donors (Lipinski definition) is 2. The second kappa shape index (κ2) is 5.83. The van der Waals surface area contributed by atoms with Crippen LogP contribution >= 0.6 is 0 Å². The maximum absolute atomic E-state index is 12.1.